The molecule has 0 amide bonds. The van der Waals surface area contributed by atoms with Gasteiger partial charge in [0, 0.05) is 12.2 Å². The van der Waals surface area contributed by atoms with E-state index in [0.29, 0.717) is 11.5 Å². The van der Waals surface area contributed by atoms with Crippen LogP contribution in [0.15, 0.2) is 58.3 Å². The van der Waals surface area contributed by atoms with Crippen molar-refractivity contribution in [3.8, 4) is 5.75 Å². The molecule has 1 atom stereocenters. The van der Waals surface area contributed by atoms with E-state index in [1.807, 2.05) is 6.26 Å². The molecule has 26 heavy (non-hydrogen) atoms. The van der Waals surface area contributed by atoms with E-state index in [0.717, 1.165) is 0 Å². The van der Waals surface area contributed by atoms with Crippen LogP contribution in [-0.2, 0) is 14.6 Å². The number of sulfone groups is 1. The molecule has 0 bridgehead atoms. The Hall–Kier alpha value is -1.99. The quantitative estimate of drug-likeness (QED) is 0.737. The lowest BCUT2D eigenvalue weighted by molar-refractivity contribution is 0.214. The summed E-state index contributed by atoms with van der Waals surface area (Å²) in [5.74, 6) is 0.794. The minimum absolute atomic E-state index is 0.109. The van der Waals surface area contributed by atoms with E-state index < -0.39 is 15.7 Å². The SMILES string of the molecule is COc1ccc(S(=O)(=O)C2=C(c3ccccc3F)OC(CSC)C2)cc1. The average Bonchev–Trinajstić information content (AvgIpc) is 3.07. The number of ether oxygens (including phenoxy) is 2. The molecule has 0 saturated carbocycles. The van der Waals surface area contributed by atoms with E-state index in [1.54, 1.807) is 36.0 Å². The molecule has 0 radical (unpaired) electrons. The van der Waals surface area contributed by atoms with Crippen LogP contribution in [0.5, 0.6) is 5.75 Å². The van der Waals surface area contributed by atoms with Crippen LogP contribution in [0.4, 0.5) is 4.39 Å². The summed E-state index contributed by atoms with van der Waals surface area (Å²) in [5.41, 5.74) is 0.170. The van der Waals surface area contributed by atoms with E-state index in [2.05, 4.69) is 0 Å². The second kappa shape index (κ2) is 7.72. The molecular formula is C19H19FO4S2. The number of hydrogen-bond donors (Lipinski definition) is 0. The third-order valence-electron chi connectivity index (χ3n) is 4.12. The summed E-state index contributed by atoms with van der Waals surface area (Å²) in [6, 6.07) is 12.2. The van der Waals surface area contributed by atoms with Crippen LogP contribution in [-0.4, -0.2) is 33.6 Å². The maximum absolute atomic E-state index is 14.3. The predicted molar refractivity (Wildman–Crippen MR) is 101 cm³/mol. The highest BCUT2D eigenvalue weighted by atomic mass is 32.2. The molecule has 1 aliphatic rings. The van der Waals surface area contributed by atoms with E-state index in [4.69, 9.17) is 9.47 Å². The Morgan fingerprint density at radius 3 is 2.50 bits per heavy atom. The van der Waals surface area contributed by atoms with Crippen molar-refractivity contribution in [2.45, 2.75) is 17.4 Å². The first kappa shape index (κ1) is 18.8. The Bertz CT molecular complexity index is 921. The molecule has 3 rings (SSSR count). The molecule has 0 aliphatic carbocycles. The highest BCUT2D eigenvalue weighted by Crippen LogP contribution is 2.40. The van der Waals surface area contributed by atoms with Crippen molar-refractivity contribution in [2.75, 3.05) is 19.1 Å². The molecule has 138 valence electrons. The molecule has 0 saturated heterocycles. The van der Waals surface area contributed by atoms with Gasteiger partial charge >= 0.3 is 0 Å². The molecule has 1 aliphatic heterocycles. The molecule has 4 nitrogen and oxygen atoms in total. The lowest BCUT2D eigenvalue weighted by Crippen LogP contribution is -2.11. The van der Waals surface area contributed by atoms with Gasteiger partial charge in [-0.2, -0.15) is 11.8 Å². The smallest absolute Gasteiger partial charge is 0.206 e. The second-order valence-electron chi connectivity index (χ2n) is 5.81. The van der Waals surface area contributed by atoms with Crippen molar-refractivity contribution in [1.29, 1.82) is 0 Å². The van der Waals surface area contributed by atoms with Gasteiger partial charge in [0.05, 0.1) is 22.5 Å². The molecule has 2 aromatic rings. The number of rotatable bonds is 6. The van der Waals surface area contributed by atoms with Crippen molar-refractivity contribution in [2.24, 2.45) is 0 Å². The number of methoxy groups -OCH3 is 1. The number of hydrogen-bond acceptors (Lipinski definition) is 5. The fraction of sp³-hybridized carbons (Fsp3) is 0.263. The highest BCUT2D eigenvalue weighted by Gasteiger charge is 2.36. The van der Waals surface area contributed by atoms with Crippen LogP contribution in [0, 0.1) is 5.82 Å². The molecule has 0 aromatic heterocycles. The number of halogens is 1. The zero-order valence-electron chi connectivity index (χ0n) is 14.4. The first-order valence-electron chi connectivity index (χ1n) is 8.00. The van der Waals surface area contributed by atoms with E-state index >= 15 is 0 Å². The summed E-state index contributed by atoms with van der Waals surface area (Å²) in [5, 5.41) is 0. The lowest BCUT2D eigenvalue weighted by atomic mass is 10.1. The minimum Gasteiger partial charge on any atom is -0.497 e. The third kappa shape index (κ3) is 3.59. The zero-order valence-corrected chi connectivity index (χ0v) is 16.1. The maximum Gasteiger partial charge on any atom is 0.206 e. The molecule has 1 unspecified atom stereocenters. The normalized spacial score (nSPS) is 17.3. The fourth-order valence-corrected chi connectivity index (χ4v) is 4.98. The van der Waals surface area contributed by atoms with Gasteiger partial charge in [0.25, 0.3) is 0 Å². The van der Waals surface area contributed by atoms with Crippen LogP contribution >= 0.6 is 11.8 Å². The lowest BCUT2D eigenvalue weighted by Gasteiger charge is -2.12. The van der Waals surface area contributed by atoms with Gasteiger partial charge in [0.15, 0.2) is 0 Å². The van der Waals surface area contributed by atoms with Crippen LogP contribution < -0.4 is 4.74 Å². The van der Waals surface area contributed by atoms with Crippen LogP contribution in [0.3, 0.4) is 0 Å². The minimum atomic E-state index is -3.81. The first-order valence-corrected chi connectivity index (χ1v) is 10.9. The summed E-state index contributed by atoms with van der Waals surface area (Å²) in [4.78, 5) is 0.252. The molecular weight excluding hydrogens is 375 g/mol. The van der Waals surface area contributed by atoms with Gasteiger partial charge in [-0.15, -0.1) is 0 Å². The monoisotopic (exact) mass is 394 g/mol. The second-order valence-corrected chi connectivity index (χ2v) is 8.69. The largest absolute Gasteiger partial charge is 0.497 e. The number of thioether (sulfide) groups is 1. The molecule has 1 heterocycles. The van der Waals surface area contributed by atoms with Crippen LogP contribution in [0.2, 0.25) is 0 Å². The molecule has 0 fully saturated rings. The summed E-state index contributed by atoms with van der Waals surface area (Å²) >= 11 is 1.56. The van der Waals surface area contributed by atoms with Gasteiger partial charge in [-0.05, 0) is 42.7 Å². The average molecular weight is 394 g/mol. The van der Waals surface area contributed by atoms with Gasteiger partial charge in [-0.1, -0.05) is 12.1 Å². The van der Waals surface area contributed by atoms with Crippen molar-refractivity contribution in [1.82, 2.24) is 0 Å². The van der Waals surface area contributed by atoms with Crippen molar-refractivity contribution in [3.05, 3.63) is 64.8 Å². The summed E-state index contributed by atoms with van der Waals surface area (Å²) in [7, 11) is -2.29. The Morgan fingerprint density at radius 1 is 1.19 bits per heavy atom. The Balaban J connectivity index is 2.09. The van der Waals surface area contributed by atoms with Crippen molar-refractivity contribution >= 4 is 27.4 Å². The molecule has 0 N–H and O–H groups in total. The van der Waals surface area contributed by atoms with Crippen LogP contribution in [0.1, 0.15) is 12.0 Å². The standard InChI is InChI=1S/C19H19FO4S2/c1-23-13-7-9-15(10-8-13)26(21,22)18-11-14(12-25-2)24-19(18)16-5-3-4-6-17(16)20/h3-10,14H,11-12H2,1-2H3. The molecule has 7 heteroatoms. The van der Waals surface area contributed by atoms with Gasteiger partial charge in [0.2, 0.25) is 9.84 Å². The number of benzene rings is 2. The van der Waals surface area contributed by atoms with Crippen molar-refractivity contribution < 1.29 is 22.3 Å². The fourth-order valence-electron chi connectivity index (χ4n) is 2.84. The molecule has 0 spiro atoms. The summed E-state index contributed by atoms with van der Waals surface area (Å²) in [6.07, 6.45) is 1.84. The Morgan fingerprint density at radius 2 is 1.88 bits per heavy atom. The Kier molecular flexibility index (Phi) is 5.58. The zero-order chi connectivity index (χ0) is 18.7. The molecule has 2 aromatic carbocycles. The third-order valence-corrected chi connectivity index (χ3v) is 6.71. The maximum atomic E-state index is 14.3. The van der Waals surface area contributed by atoms with Gasteiger partial charge in [0.1, 0.15) is 23.4 Å². The topological polar surface area (TPSA) is 52.6 Å². The van der Waals surface area contributed by atoms with E-state index in [1.165, 1.54) is 31.4 Å². The summed E-state index contributed by atoms with van der Waals surface area (Å²) in [6.45, 7) is 0. The van der Waals surface area contributed by atoms with Gasteiger partial charge < -0.3 is 9.47 Å². The van der Waals surface area contributed by atoms with E-state index in [9.17, 15) is 12.8 Å². The van der Waals surface area contributed by atoms with Gasteiger partial charge in [-0.3, -0.25) is 0 Å². The first-order chi connectivity index (χ1) is 12.5. The van der Waals surface area contributed by atoms with Gasteiger partial charge in [-0.25, -0.2) is 12.8 Å². The van der Waals surface area contributed by atoms with Crippen molar-refractivity contribution in [3.63, 3.8) is 0 Å². The highest BCUT2D eigenvalue weighted by molar-refractivity contribution is 7.98. The van der Waals surface area contributed by atoms with Crippen LogP contribution in [0.25, 0.3) is 5.76 Å². The predicted octanol–water partition coefficient (Wildman–Crippen LogP) is 4.13. The summed E-state index contributed by atoms with van der Waals surface area (Å²) < 4.78 is 51.6. The van der Waals surface area contributed by atoms with E-state index in [-0.39, 0.29) is 33.6 Å². The Labute approximate surface area is 156 Å².